The van der Waals surface area contributed by atoms with Crippen molar-refractivity contribution in [2.24, 2.45) is 5.92 Å². The van der Waals surface area contributed by atoms with Crippen LogP contribution in [0, 0.1) is 5.92 Å². The number of rotatable bonds is 6. The maximum absolute atomic E-state index is 10.9. The molecule has 2 saturated heterocycles. The van der Waals surface area contributed by atoms with E-state index in [9.17, 15) is 46.0 Å². The van der Waals surface area contributed by atoms with Gasteiger partial charge in [-0.15, -0.1) is 0 Å². The number of aliphatic hydroxyl groups excluding tert-OH is 9. The molecule has 0 aromatic carbocycles. The molecule has 0 amide bonds. The van der Waals surface area contributed by atoms with E-state index in [1.807, 2.05) is 0 Å². The maximum Gasteiger partial charge on any atom is 0.211 e. The third-order valence-corrected chi connectivity index (χ3v) is 6.96. The summed E-state index contributed by atoms with van der Waals surface area (Å²) in [5.41, 5.74) is -1.16. The van der Waals surface area contributed by atoms with E-state index >= 15 is 0 Å². The lowest BCUT2D eigenvalue weighted by Crippen LogP contribution is -2.64. The summed E-state index contributed by atoms with van der Waals surface area (Å²) in [6.07, 6.45) is -14.3. The van der Waals surface area contributed by atoms with E-state index in [-0.39, 0.29) is 0 Å². The molecule has 0 aromatic rings. The summed E-state index contributed by atoms with van der Waals surface area (Å²) < 4.78 is 28.1. The lowest BCUT2D eigenvalue weighted by atomic mass is 9.83. The van der Waals surface area contributed by atoms with Crippen LogP contribution in [0.4, 0.5) is 0 Å². The highest BCUT2D eigenvalue weighted by Crippen LogP contribution is 2.47. The van der Waals surface area contributed by atoms with Crippen molar-refractivity contribution >= 4 is 0 Å². The SMILES string of the molecule is CC1=C[C@@H](O)[C@@]2(O[C@@H]3O[C@@H](CO)[C@@H](O)[C@H](O)[C@@H]3O)C=CO[C@@H](O[C@@H]3O[C@H](CO)[C@@H](O)[C@@H](O)[C@@H]3O)[C@H]12. The molecule has 0 radical (unpaired) electrons. The molecule has 0 spiro atoms. The van der Waals surface area contributed by atoms with Gasteiger partial charge in [0.05, 0.1) is 25.4 Å². The Balaban J connectivity index is 1.58. The fraction of sp³-hybridized carbons (Fsp3) is 0.810. The third-order valence-electron chi connectivity index (χ3n) is 6.96. The first-order valence-electron chi connectivity index (χ1n) is 11.2. The van der Waals surface area contributed by atoms with Gasteiger partial charge < -0.3 is 69.6 Å². The number of hydrogen-bond donors (Lipinski definition) is 9. The van der Waals surface area contributed by atoms with E-state index < -0.39 is 98.5 Å². The standard InChI is InChI=1S/C21H32O14/c1-7-4-10(24)21(35-20-17(30)15(28)13(26)9(6-23)33-20)2-3-31-18(11(7)21)34-19-16(29)14(27)12(25)8(5-22)32-19/h2-4,8-20,22-30H,5-6H2,1H3/t8-,9+,10-,11+,12-,13-,14-,15+,16+,17+,18+,19+,20+,21+/m1/s1. The third kappa shape index (κ3) is 4.53. The summed E-state index contributed by atoms with van der Waals surface area (Å²) in [6, 6.07) is 0. The molecule has 3 heterocycles. The lowest BCUT2D eigenvalue weighted by molar-refractivity contribution is -0.362. The van der Waals surface area contributed by atoms with E-state index in [0.717, 1.165) is 6.26 Å². The van der Waals surface area contributed by atoms with E-state index in [4.69, 9.17) is 23.7 Å². The second-order valence-electron chi connectivity index (χ2n) is 9.14. The summed E-state index contributed by atoms with van der Waals surface area (Å²) >= 11 is 0. The molecule has 14 heteroatoms. The Morgan fingerprint density at radius 2 is 1.31 bits per heavy atom. The Morgan fingerprint density at radius 3 is 1.89 bits per heavy atom. The highest BCUT2D eigenvalue weighted by Gasteiger charge is 2.59. The fourth-order valence-corrected chi connectivity index (χ4v) is 4.92. The van der Waals surface area contributed by atoms with Gasteiger partial charge in [-0.1, -0.05) is 11.6 Å². The molecule has 35 heavy (non-hydrogen) atoms. The largest absolute Gasteiger partial charge is 0.472 e. The van der Waals surface area contributed by atoms with Crippen LogP contribution in [-0.4, -0.2) is 139 Å². The molecule has 4 aliphatic rings. The quantitative estimate of drug-likeness (QED) is 0.153. The fourth-order valence-electron chi connectivity index (χ4n) is 4.92. The van der Waals surface area contributed by atoms with Crippen LogP contribution in [0.5, 0.6) is 0 Å². The van der Waals surface area contributed by atoms with Gasteiger partial charge in [-0.2, -0.15) is 0 Å². The average molecular weight is 508 g/mol. The molecular formula is C21H32O14. The van der Waals surface area contributed by atoms with Crippen LogP contribution < -0.4 is 0 Å². The number of fused-ring (bicyclic) bond motifs is 1. The van der Waals surface area contributed by atoms with Crippen LogP contribution >= 0.6 is 0 Å². The minimum Gasteiger partial charge on any atom is -0.472 e. The second kappa shape index (κ2) is 10.3. The van der Waals surface area contributed by atoms with Crippen LogP contribution in [0.3, 0.4) is 0 Å². The molecule has 1 aliphatic carbocycles. The monoisotopic (exact) mass is 508 g/mol. The second-order valence-corrected chi connectivity index (χ2v) is 9.14. The zero-order valence-electron chi connectivity index (χ0n) is 18.7. The first kappa shape index (κ1) is 26.8. The van der Waals surface area contributed by atoms with Gasteiger partial charge in [-0.05, 0) is 13.0 Å². The summed E-state index contributed by atoms with van der Waals surface area (Å²) in [5.74, 6) is -0.928. The Kier molecular flexibility index (Phi) is 7.86. The molecule has 14 nitrogen and oxygen atoms in total. The van der Waals surface area contributed by atoms with Gasteiger partial charge in [-0.25, -0.2) is 0 Å². The van der Waals surface area contributed by atoms with Crippen molar-refractivity contribution in [1.82, 2.24) is 0 Å². The molecule has 0 aromatic heterocycles. The smallest absolute Gasteiger partial charge is 0.211 e. The normalized spacial score (nSPS) is 52.1. The predicted octanol–water partition coefficient (Wildman–Crippen LogP) is -4.83. The van der Waals surface area contributed by atoms with Gasteiger partial charge in [-0.3, -0.25) is 0 Å². The number of hydrogen-bond acceptors (Lipinski definition) is 14. The van der Waals surface area contributed by atoms with Crippen LogP contribution in [0.15, 0.2) is 24.0 Å². The van der Waals surface area contributed by atoms with Gasteiger partial charge in [0.1, 0.15) is 60.5 Å². The molecule has 9 N–H and O–H groups in total. The first-order valence-corrected chi connectivity index (χ1v) is 11.2. The molecule has 200 valence electrons. The zero-order valence-corrected chi connectivity index (χ0v) is 18.7. The average Bonchev–Trinajstić information content (AvgIpc) is 3.09. The maximum atomic E-state index is 10.9. The van der Waals surface area contributed by atoms with Crippen molar-refractivity contribution in [2.75, 3.05) is 13.2 Å². The van der Waals surface area contributed by atoms with Crippen molar-refractivity contribution in [1.29, 1.82) is 0 Å². The summed E-state index contributed by atoms with van der Waals surface area (Å²) in [7, 11) is 0. The highest BCUT2D eigenvalue weighted by atomic mass is 16.8. The van der Waals surface area contributed by atoms with Crippen LogP contribution in [-0.2, 0) is 23.7 Å². The van der Waals surface area contributed by atoms with Crippen LogP contribution in [0.2, 0.25) is 0 Å². The van der Waals surface area contributed by atoms with Crippen molar-refractivity contribution in [3.63, 3.8) is 0 Å². The van der Waals surface area contributed by atoms with Gasteiger partial charge in [0.25, 0.3) is 0 Å². The Labute approximate surface area is 199 Å². The predicted molar refractivity (Wildman–Crippen MR) is 110 cm³/mol. The molecular weight excluding hydrogens is 476 g/mol. The number of aliphatic hydroxyl groups is 9. The Hall–Kier alpha value is -1.24. The minimum absolute atomic E-state index is 0.515. The molecule has 0 saturated carbocycles. The summed E-state index contributed by atoms with van der Waals surface area (Å²) in [4.78, 5) is 0. The molecule has 3 aliphatic heterocycles. The van der Waals surface area contributed by atoms with Crippen molar-refractivity contribution in [3.05, 3.63) is 24.0 Å². The summed E-state index contributed by atoms with van der Waals surface area (Å²) in [6.45, 7) is 0.294. The van der Waals surface area contributed by atoms with E-state index in [1.54, 1.807) is 6.92 Å². The number of ether oxygens (including phenoxy) is 5. The first-order chi connectivity index (χ1) is 16.5. The highest BCUT2D eigenvalue weighted by molar-refractivity contribution is 5.33. The molecule has 2 fully saturated rings. The van der Waals surface area contributed by atoms with Gasteiger partial charge in [0, 0.05) is 0 Å². The Bertz CT molecular complexity index is 803. The van der Waals surface area contributed by atoms with Crippen LogP contribution in [0.25, 0.3) is 0 Å². The Morgan fingerprint density at radius 1 is 0.771 bits per heavy atom. The van der Waals surface area contributed by atoms with Crippen molar-refractivity contribution in [3.8, 4) is 0 Å². The van der Waals surface area contributed by atoms with Crippen LogP contribution in [0.1, 0.15) is 6.92 Å². The molecule has 0 unspecified atom stereocenters. The summed E-state index contributed by atoms with van der Waals surface area (Å²) in [5, 5.41) is 90.7. The van der Waals surface area contributed by atoms with Gasteiger partial charge in [0.2, 0.25) is 6.29 Å². The molecule has 0 bridgehead atoms. The molecule has 14 atom stereocenters. The van der Waals surface area contributed by atoms with E-state index in [0.29, 0.717) is 5.57 Å². The van der Waals surface area contributed by atoms with Gasteiger partial charge in [0.15, 0.2) is 12.6 Å². The van der Waals surface area contributed by atoms with Crippen molar-refractivity contribution < 1.29 is 69.6 Å². The zero-order chi connectivity index (χ0) is 25.7. The topological polar surface area (TPSA) is 228 Å². The minimum atomic E-state index is -1.74. The van der Waals surface area contributed by atoms with E-state index in [1.165, 1.54) is 12.2 Å². The lowest BCUT2D eigenvalue weighted by Gasteiger charge is -2.48. The van der Waals surface area contributed by atoms with Crippen molar-refractivity contribution in [2.45, 2.75) is 86.3 Å². The van der Waals surface area contributed by atoms with Gasteiger partial charge >= 0.3 is 0 Å². The molecule has 4 rings (SSSR count). The van der Waals surface area contributed by atoms with E-state index in [2.05, 4.69) is 0 Å².